The minimum absolute atomic E-state index is 0.0257. The summed E-state index contributed by atoms with van der Waals surface area (Å²) in [5.74, 6) is -0.759. The van der Waals surface area contributed by atoms with E-state index in [4.69, 9.17) is 27.9 Å². The zero-order chi connectivity index (χ0) is 25.4. The Labute approximate surface area is 209 Å². The number of nitrogens with zero attached hydrogens (tertiary/aromatic N) is 1. The zero-order valence-electron chi connectivity index (χ0n) is 17.8. The van der Waals surface area contributed by atoms with Crippen molar-refractivity contribution in [3.05, 3.63) is 81.8 Å². The van der Waals surface area contributed by atoms with Crippen molar-refractivity contribution in [2.45, 2.75) is 17.5 Å². The minimum atomic E-state index is -4.60. The number of fused-ring (bicyclic) bond motifs is 1. The summed E-state index contributed by atoms with van der Waals surface area (Å²) in [6, 6.07) is 13.6. The largest absolute Gasteiger partial charge is 0.482 e. The normalized spacial score (nSPS) is 13.5. The number of halogens is 5. The molecule has 1 aliphatic rings. The Morgan fingerprint density at radius 3 is 2.49 bits per heavy atom. The van der Waals surface area contributed by atoms with E-state index < -0.39 is 34.3 Å². The second-order valence-electron chi connectivity index (χ2n) is 7.58. The fourth-order valence-electron chi connectivity index (χ4n) is 3.57. The van der Waals surface area contributed by atoms with E-state index in [1.165, 1.54) is 22.5 Å². The molecule has 4 rings (SSSR count). The molecule has 0 aliphatic carbocycles. The van der Waals surface area contributed by atoms with Gasteiger partial charge in [0.2, 0.25) is 0 Å². The fraction of sp³-hybridized carbons (Fsp3) is 0.174. The van der Waals surface area contributed by atoms with Crippen molar-refractivity contribution < 1.29 is 31.1 Å². The lowest BCUT2D eigenvalue weighted by molar-refractivity contribution is -0.137. The fourth-order valence-corrected chi connectivity index (χ4v) is 5.57. The number of benzene rings is 3. The first kappa shape index (κ1) is 25.2. The number of hydrogen-bond acceptors (Lipinski definition) is 4. The Kier molecular flexibility index (Phi) is 6.90. The Morgan fingerprint density at radius 1 is 1.03 bits per heavy atom. The second kappa shape index (κ2) is 9.60. The molecule has 3 aromatic rings. The van der Waals surface area contributed by atoms with Crippen LogP contribution in [0.3, 0.4) is 0 Å². The molecule has 0 aromatic heterocycles. The third-order valence-corrected chi connectivity index (χ3v) is 7.70. The number of anilines is 2. The van der Waals surface area contributed by atoms with Crippen LogP contribution in [0.1, 0.15) is 11.1 Å². The van der Waals surface area contributed by atoms with Crippen LogP contribution in [0.2, 0.25) is 10.0 Å². The van der Waals surface area contributed by atoms with Gasteiger partial charge in [-0.15, -0.1) is 0 Å². The van der Waals surface area contributed by atoms with Crippen molar-refractivity contribution in [2.75, 3.05) is 22.8 Å². The van der Waals surface area contributed by atoms with Gasteiger partial charge in [-0.05, 0) is 54.4 Å². The minimum Gasteiger partial charge on any atom is -0.482 e. The van der Waals surface area contributed by atoms with Crippen molar-refractivity contribution in [2.24, 2.45) is 0 Å². The molecule has 0 atom stereocenters. The van der Waals surface area contributed by atoms with Crippen LogP contribution in [0, 0.1) is 0 Å². The maximum atomic E-state index is 13.1. The summed E-state index contributed by atoms with van der Waals surface area (Å²) in [6.45, 7) is -0.298. The van der Waals surface area contributed by atoms with E-state index in [9.17, 15) is 26.4 Å². The molecule has 1 heterocycles. The quantitative estimate of drug-likeness (QED) is 0.426. The average Bonchev–Trinajstić information content (AvgIpc) is 3.24. The van der Waals surface area contributed by atoms with Crippen molar-refractivity contribution in [1.82, 2.24) is 0 Å². The number of para-hydroxylation sites is 1. The van der Waals surface area contributed by atoms with Crippen LogP contribution < -0.4 is 14.4 Å². The lowest BCUT2D eigenvalue weighted by Crippen LogP contribution is -2.29. The monoisotopic (exact) mass is 544 g/mol. The lowest BCUT2D eigenvalue weighted by Gasteiger charge is -2.20. The van der Waals surface area contributed by atoms with Gasteiger partial charge >= 0.3 is 6.18 Å². The van der Waals surface area contributed by atoms with E-state index in [0.717, 1.165) is 17.7 Å². The molecule has 1 N–H and O–H groups in total. The summed E-state index contributed by atoms with van der Waals surface area (Å²) in [7, 11) is -3.88. The van der Waals surface area contributed by atoms with Crippen molar-refractivity contribution in [3.63, 3.8) is 0 Å². The summed E-state index contributed by atoms with van der Waals surface area (Å²) in [5, 5.41) is 2.12. The van der Waals surface area contributed by atoms with Crippen LogP contribution in [0.4, 0.5) is 24.5 Å². The first-order valence-electron chi connectivity index (χ1n) is 10.2. The number of amides is 1. The molecule has 1 aliphatic heterocycles. The number of sulfonamides is 1. The Bertz CT molecular complexity index is 1400. The van der Waals surface area contributed by atoms with E-state index >= 15 is 0 Å². The molecule has 0 spiro atoms. The molecule has 35 heavy (non-hydrogen) atoms. The molecule has 0 bridgehead atoms. The van der Waals surface area contributed by atoms with Crippen LogP contribution >= 0.6 is 23.2 Å². The molecule has 6 nitrogen and oxygen atoms in total. The van der Waals surface area contributed by atoms with Gasteiger partial charge in [0.05, 0.1) is 31.9 Å². The van der Waals surface area contributed by atoms with Gasteiger partial charge in [0.15, 0.2) is 6.61 Å². The van der Waals surface area contributed by atoms with E-state index in [1.54, 1.807) is 12.1 Å². The van der Waals surface area contributed by atoms with Crippen molar-refractivity contribution in [3.8, 4) is 5.75 Å². The number of ether oxygens (including phenoxy) is 1. The summed E-state index contributed by atoms with van der Waals surface area (Å²) in [4.78, 5) is 12.2. The smallest absolute Gasteiger partial charge is 0.416 e. The highest BCUT2D eigenvalue weighted by atomic mass is 35.5. The van der Waals surface area contributed by atoms with Crippen LogP contribution in [-0.4, -0.2) is 27.5 Å². The highest BCUT2D eigenvalue weighted by molar-refractivity contribution is 7.92. The first-order valence-corrected chi connectivity index (χ1v) is 12.4. The number of rotatable bonds is 6. The highest BCUT2D eigenvalue weighted by Gasteiger charge is 2.32. The third-order valence-electron chi connectivity index (χ3n) is 5.26. The highest BCUT2D eigenvalue weighted by Crippen LogP contribution is 2.36. The SMILES string of the molecule is O=C(COc1ccc(S(=O)(=O)N2CCc3ccccc32)cc1Cl)Nc1cc(C(F)(F)F)ccc1Cl. The summed E-state index contributed by atoms with van der Waals surface area (Å²) in [6.07, 6.45) is -4.01. The zero-order valence-corrected chi connectivity index (χ0v) is 20.1. The summed E-state index contributed by atoms with van der Waals surface area (Å²) in [5.41, 5.74) is 0.329. The molecule has 0 radical (unpaired) electrons. The van der Waals surface area contributed by atoms with Gasteiger partial charge in [0, 0.05) is 6.54 Å². The molecule has 0 unspecified atom stereocenters. The molecule has 3 aromatic carbocycles. The molecular weight excluding hydrogens is 528 g/mol. The number of carbonyl (C=O) groups is 1. The predicted molar refractivity (Wildman–Crippen MR) is 127 cm³/mol. The predicted octanol–water partition coefficient (Wildman–Crippen LogP) is 5.78. The maximum absolute atomic E-state index is 13.1. The van der Waals surface area contributed by atoms with Gasteiger partial charge in [-0.1, -0.05) is 41.4 Å². The molecule has 0 saturated carbocycles. The van der Waals surface area contributed by atoms with Crippen LogP contribution in [-0.2, 0) is 27.4 Å². The van der Waals surface area contributed by atoms with Crippen LogP contribution in [0.15, 0.2) is 65.6 Å². The molecule has 184 valence electrons. The molecule has 0 saturated heterocycles. The topological polar surface area (TPSA) is 75.7 Å². The standard InChI is InChI=1S/C23H17Cl2F3N2O4S/c24-17-7-5-15(23(26,27)28)11-19(17)29-22(31)13-34-21-8-6-16(12-18(21)25)35(32,33)30-10-9-14-3-1-2-4-20(14)30/h1-8,11-12H,9-10,13H2,(H,29,31). The van der Waals surface area contributed by atoms with Crippen molar-refractivity contribution in [1.29, 1.82) is 0 Å². The van der Waals surface area contributed by atoms with Gasteiger partial charge in [-0.2, -0.15) is 13.2 Å². The van der Waals surface area contributed by atoms with E-state index in [2.05, 4.69) is 5.32 Å². The van der Waals surface area contributed by atoms with E-state index in [0.29, 0.717) is 24.7 Å². The van der Waals surface area contributed by atoms with Gasteiger partial charge < -0.3 is 10.1 Å². The Hall–Kier alpha value is -2.95. The average molecular weight is 545 g/mol. The Morgan fingerprint density at radius 2 is 1.77 bits per heavy atom. The number of alkyl halides is 3. The van der Waals surface area contributed by atoms with Gasteiger partial charge in [-0.25, -0.2) is 8.42 Å². The maximum Gasteiger partial charge on any atom is 0.416 e. The summed E-state index contributed by atoms with van der Waals surface area (Å²) >= 11 is 12.1. The molecular formula is C23H17Cl2F3N2O4S. The molecule has 12 heteroatoms. The van der Waals surface area contributed by atoms with Gasteiger partial charge in [0.1, 0.15) is 5.75 Å². The molecule has 1 amide bonds. The molecule has 0 fully saturated rings. The number of hydrogen-bond donors (Lipinski definition) is 1. The lowest BCUT2D eigenvalue weighted by atomic mass is 10.2. The Balaban J connectivity index is 1.44. The van der Waals surface area contributed by atoms with Gasteiger partial charge in [-0.3, -0.25) is 9.10 Å². The van der Waals surface area contributed by atoms with Gasteiger partial charge in [0.25, 0.3) is 15.9 Å². The van der Waals surface area contributed by atoms with E-state index in [-0.39, 0.29) is 26.4 Å². The third kappa shape index (κ3) is 5.34. The number of carbonyl (C=O) groups excluding carboxylic acids is 1. The van der Waals surface area contributed by atoms with Crippen LogP contribution in [0.5, 0.6) is 5.75 Å². The van der Waals surface area contributed by atoms with Crippen LogP contribution in [0.25, 0.3) is 0 Å². The first-order chi connectivity index (χ1) is 16.5. The second-order valence-corrected chi connectivity index (χ2v) is 10.3. The summed E-state index contributed by atoms with van der Waals surface area (Å²) < 4.78 is 71.6. The van der Waals surface area contributed by atoms with Crippen molar-refractivity contribution >= 4 is 50.5 Å². The number of nitrogens with one attached hydrogen (secondary N) is 1. The van der Waals surface area contributed by atoms with E-state index in [1.807, 2.05) is 12.1 Å².